The molecule has 0 bridgehead atoms. The van der Waals surface area contributed by atoms with E-state index in [2.05, 4.69) is 145 Å². The van der Waals surface area contributed by atoms with Gasteiger partial charge in [0.05, 0.1) is 5.69 Å². The Balaban J connectivity index is 1.26. The second-order valence-electron chi connectivity index (χ2n) is 13.1. The molecular formula is C40H30BN3OS. The van der Waals surface area contributed by atoms with Crippen LogP contribution in [0, 0.1) is 0 Å². The van der Waals surface area contributed by atoms with Crippen LogP contribution in [0.15, 0.2) is 128 Å². The number of rotatable bonds is 3. The Labute approximate surface area is 273 Å². The first-order valence-corrected chi connectivity index (χ1v) is 16.5. The Morgan fingerprint density at radius 2 is 1.54 bits per heavy atom. The van der Waals surface area contributed by atoms with E-state index in [1.807, 2.05) is 17.4 Å². The molecule has 4 heterocycles. The molecule has 7 aromatic rings. The third-order valence-corrected chi connectivity index (χ3v) is 10.5. The third-order valence-electron chi connectivity index (χ3n) is 9.27. The quantitative estimate of drug-likeness (QED) is 0.187. The number of para-hydroxylation sites is 1. The van der Waals surface area contributed by atoms with E-state index in [9.17, 15) is 0 Å². The lowest BCUT2D eigenvalue weighted by molar-refractivity contribution is 0.494. The van der Waals surface area contributed by atoms with Gasteiger partial charge in [-0.3, -0.25) is 0 Å². The van der Waals surface area contributed by atoms with Crippen molar-refractivity contribution in [2.75, 3.05) is 4.90 Å². The average Bonchev–Trinajstić information content (AvgIpc) is 3.46. The van der Waals surface area contributed by atoms with Gasteiger partial charge in [0.25, 0.3) is 6.71 Å². The number of hydrogen-bond acceptors (Lipinski definition) is 5. The Hall–Kier alpha value is -5.20. The summed E-state index contributed by atoms with van der Waals surface area (Å²) in [6.45, 7) is 6.84. The molecule has 46 heavy (non-hydrogen) atoms. The minimum Gasteiger partial charge on any atom is -0.457 e. The van der Waals surface area contributed by atoms with E-state index in [1.54, 1.807) is 12.5 Å². The Morgan fingerprint density at radius 1 is 0.739 bits per heavy atom. The van der Waals surface area contributed by atoms with Gasteiger partial charge in [0.2, 0.25) is 0 Å². The van der Waals surface area contributed by atoms with Crippen molar-refractivity contribution in [3.63, 3.8) is 0 Å². The first kappa shape index (κ1) is 27.1. The number of ether oxygens (including phenoxy) is 1. The molecule has 0 aliphatic carbocycles. The second-order valence-corrected chi connectivity index (χ2v) is 14.2. The number of fused-ring (bicyclic) bond motifs is 6. The summed E-state index contributed by atoms with van der Waals surface area (Å²) in [6.07, 6.45) is 3.38. The van der Waals surface area contributed by atoms with Crippen LogP contribution in [-0.4, -0.2) is 16.7 Å². The molecule has 0 fully saturated rings. The van der Waals surface area contributed by atoms with Gasteiger partial charge >= 0.3 is 0 Å². The van der Waals surface area contributed by atoms with Crippen LogP contribution in [0.1, 0.15) is 26.3 Å². The van der Waals surface area contributed by atoms with Crippen LogP contribution >= 0.6 is 11.3 Å². The summed E-state index contributed by atoms with van der Waals surface area (Å²) in [5.74, 6) is 1.86. The zero-order chi connectivity index (χ0) is 31.0. The van der Waals surface area contributed by atoms with Crippen molar-refractivity contribution in [1.29, 1.82) is 0 Å². The van der Waals surface area contributed by atoms with Gasteiger partial charge in [-0.2, -0.15) is 0 Å². The molecule has 2 aliphatic heterocycles. The molecule has 220 valence electrons. The SMILES string of the molecule is CC(C)(C)c1ccc(-c2ccc3c(c2)N(c2ccccc2)c2cccc4c2B3c2sc3ccc(-c5ccncn5)cc3c2O4)cc1. The summed E-state index contributed by atoms with van der Waals surface area (Å²) < 4.78 is 9.30. The summed E-state index contributed by atoms with van der Waals surface area (Å²) in [6, 6.07) is 41.7. The largest absolute Gasteiger partial charge is 0.457 e. The molecule has 0 radical (unpaired) electrons. The topological polar surface area (TPSA) is 38.2 Å². The number of benzene rings is 5. The normalized spacial score (nSPS) is 13.2. The number of hydrogen-bond donors (Lipinski definition) is 0. The van der Waals surface area contributed by atoms with Gasteiger partial charge in [0.1, 0.15) is 17.8 Å². The Kier molecular flexibility index (Phi) is 6.00. The summed E-state index contributed by atoms with van der Waals surface area (Å²) >= 11 is 1.83. The molecule has 0 unspecified atom stereocenters. The monoisotopic (exact) mass is 611 g/mol. The molecule has 5 aromatic carbocycles. The fourth-order valence-corrected chi connectivity index (χ4v) is 8.20. The molecule has 9 rings (SSSR count). The maximum absolute atomic E-state index is 6.85. The molecule has 2 aromatic heterocycles. The molecule has 6 heteroatoms. The van der Waals surface area contributed by atoms with Crippen molar-refractivity contribution >= 4 is 60.9 Å². The highest BCUT2D eigenvalue weighted by Crippen LogP contribution is 2.45. The van der Waals surface area contributed by atoms with E-state index in [4.69, 9.17) is 4.74 Å². The van der Waals surface area contributed by atoms with Crippen molar-refractivity contribution in [3.8, 4) is 33.9 Å². The first-order valence-electron chi connectivity index (χ1n) is 15.7. The van der Waals surface area contributed by atoms with Crippen LogP contribution in [0.3, 0.4) is 0 Å². The molecule has 0 saturated heterocycles. The highest BCUT2D eigenvalue weighted by atomic mass is 32.1. The zero-order valence-electron chi connectivity index (χ0n) is 25.9. The third kappa shape index (κ3) is 4.21. The lowest BCUT2D eigenvalue weighted by Gasteiger charge is -2.39. The van der Waals surface area contributed by atoms with Gasteiger partial charge in [-0.1, -0.05) is 87.5 Å². The molecule has 0 N–H and O–H groups in total. The molecule has 0 spiro atoms. The summed E-state index contributed by atoms with van der Waals surface area (Å²) in [5.41, 5.74) is 11.8. The van der Waals surface area contributed by atoms with Crippen LogP contribution in [0.5, 0.6) is 11.5 Å². The van der Waals surface area contributed by atoms with E-state index >= 15 is 0 Å². The highest BCUT2D eigenvalue weighted by molar-refractivity contribution is 7.33. The van der Waals surface area contributed by atoms with E-state index in [-0.39, 0.29) is 12.1 Å². The van der Waals surface area contributed by atoms with Gasteiger partial charge in [0, 0.05) is 43.7 Å². The van der Waals surface area contributed by atoms with Gasteiger partial charge in [-0.05, 0) is 81.6 Å². The van der Waals surface area contributed by atoms with Gasteiger partial charge in [-0.25, -0.2) is 9.97 Å². The van der Waals surface area contributed by atoms with Crippen LogP contribution in [0.4, 0.5) is 17.1 Å². The molecule has 4 nitrogen and oxygen atoms in total. The molecule has 0 saturated carbocycles. The summed E-state index contributed by atoms with van der Waals surface area (Å²) in [4.78, 5) is 11.0. The van der Waals surface area contributed by atoms with E-state index < -0.39 is 0 Å². The smallest absolute Gasteiger partial charge is 0.268 e. The lowest BCUT2D eigenvalue weighted by Crippen LogP contribution is -2.58. The molecular weight excluding hydrogens is 581 g/mol. The summed E-state index contributed by atoms with van der Waals surface area (Å²) in [5, 5.41) is 1.12. The standard InChI is InChI=1S/C40H30BN3OS/c1-40(2,3)28-16-12-25(13-17-28)26-14-18-31-34(23-26)44(29-8-5-4-6-9-29)33-10-7-11-35-37(33)41(31)39-38(45-35)30-22-27(15-19-36(30)46-39)32-20-21-42-24-43-32/h4-24H,1-3H3. The van der Waals surface area contributed by atoms with Crippen molar-refractivity contribution < 1.29 is 4.74 Å². The minimum absolute atomic E-state index is 0.0575. The fourth-order valence-electron chi connectivity index (χ4n) is 6.96. The minimum atomic E-state index is 0.0575. The molecule has 0 atom stereocenters. The van der Waals surface area contributed by atoms with Crippen molar-refractivity contribution in [3.05, 3.63) is 133 Å². The number of aromatic nitrogens is 2. The predicted octanol–water partition coefficient (Wildman–Crippen LogP) is 8.73. The average molecular weight is 612 g/mol. The van der Waals surface area contributed by atoms with Crippen molar-refractivity contribution in [2.45, 2.75) is 26.2 Å². The zero-order valence-corrected chi connectivity index (χ0v) is 26.7. The van der Waals surface area contributed by atoms with Crippen LogP contribution in [0.2, 0.25) is 0 Å². The number of thiophene rings is 1. The lowest BCUT2D eigenvalue weighted by atomic mass is 9.37. The molecule has 2 aliphatic rings. The van der Waals surface area contributed by atoms with Crippen molar-refractivity contribution in [2.24, 2.45) is 0 Å². The van der Waals surface area contributed by atoms with Crippen LogP contribution in [0.25, 0.3) is 32.5 Å². The maximum Gasteiger partial charge on any atom is 0.268 e. The highest BCUT2D eigenvalue weighted by Gasteiger charge is 2.43. The maximum atomic E-state index is 6.85. The Bertz CT molecular complexity index is 2280. The summed E-state index contributed by atoms with van der Waals surface area (Å²) in [7, 11) is 0. The Morgan fingerprint density at radius 3 is 2.33 bits per heavy atom. The fraction of sp³-hybridized carbons (Fsp3) is 0.100. The number of nitrogens with zero attached hydrogens (tertiary/aromatic N) is 3. The van der Waals surface area contributed by atoms with Gasteiger partial charge in [-0.15, -0.1) is 11.3 Å². The second kappa shape index (κ2) is 10.2. The number of anilines is 3. The van der Waals surface area contributed by atoms with Crippen LogP contribution < -0.4 is 25.3 Å². The van der Waals surface area contributed by atoms with E-state index in [0.29, 0.717) is 0 Å². The molecule has 0 amide bonds. The van der Waals surface area contributed by atoms with Gasteiger partial charge in [0.15, 0.2) is 0 Å². The van der Waals surface area contributed by atoms with E-state index in [0.717, 1.165) is 39.5 Å². The van der Waals surface area contributed by atoms with Crippen LogP contribution in [-0.2, 0) is 5.41 Å². The van der Waals surface area contributed by atoms with Gasteiger partial charge < -0.3 is 9.64 Å². The first-order chi connectivity index (χ1) is 22.4. The van der Waals surface area contributed by atoms with Crippen molar-refractivity contribution in [1.82, 2.24) is 9.97 Å². The predicted molar refractivity (Wildman–Crippen MR) is 193 cm³/mol. The van der Waals surface area contributed by atoms with E-state index in [1.165, 1.54) is 42.8 Å².